The number of halogens is 5. The van der Waals surface area contributed by atoms with E-state index < -0.39 is 23.4 Å². The van der Waals surface area contributed by atoms with Crippen molar-refractivity contribution in [2.24, 2.45) is 0 Å². The molecule has 0 aliphatic heterocycles. The average molecular weight is 287 g/mol. The molecular weight excluding hydrogens is 277 g/mol. The molecular formula is C14H10F5N. The lowest BCUT2D eigenvalue weighted by Gasteiger charge is -2.10. The highest BCUT2D eigenvalue weighted by atomic mass is 19.4. The Morgan fingerprint density at radius 1 is 0.900 bits per heavy atom. The van der Waals surface area contributed by atoms with Gasteiger partial charge in [-0.1, -0.05) is 12.1 Å². The van der Waals surface area contributed by atoms with Crippen molar-refractivity contribution < 1.29 is 22.0 Å². The molecule has 0 bridgehead atoms. The lowest BCUT2D eigenvalue weighted by atomic mass is 10.1. The Morgan fingerprint density at radius 3 is 2.30 bits per heavy atom. The number of hydrogen-bond acceptors (Lipinski definition) is 1. The molecule has 2 aromatic carbocycles. The van der Waals surface area contributed by atoms with Gasteiger partial charge < -0.3 is 5.32 Å². The summed E-state index contributed by atoms with van der Waals surface area (Å²) in [5.74, 6) is -1.99. The van der Waals surface area contributed by atoms with Gasteiger partial charge in [0.25, 0.3) is 0 Å². The molecule has 0 radical (unpaired) electrons. The van der Waals surface area contributed by atoms with Crippen molar-refractivity contribution in [3.8, 4) is 0 Å². The van der Waals surface area contributed by atoms with Crippen molar-refractivity contribution in [1.82, 2.24) is 0 Å². The van der Waals surface area contributed by atoms with Crippen LogP contribution in [0.3, 0.4) is 0 Å². The van der Waals surface area contributed by atoms with Crippen LogP contribution in [-0.2, 0) is 12.7 Å². The Hall–Kier alpha value is -2.11. The standard InChI is InChI=1S/C14H10F5N/c15-12-5-4-11(7-13(12)16)20-8-9-2-1-3-10(6-9)14(17,18)19/h1-7,20H,8H2. The van der Waals surface area contributed by atoms with E-state index in [9.17, 15) is 22.0 Å². The summed E-state index contributed by atoms with van der Waals surface area (Å²) in [5, 5.41) is 2.73. The summed E-state index contributed by atoms with van der Waals surface area (Å²) in [6.45, 7) is 0.0784. The van der Waals surface area contributed by atoms with Crippen molar-refractivity contribution in [2.45, 2.75) is 12.7 Å². The summed E-state index contributed by atoms with van der Waals surface area (Å²) in [6.07, 6.45) is -4.40. The smallest absolute Gasteiger partial charge is 0.381 e. The SMILES string of the molecule is Fc1ccc(NCc2cccc(C(F)(F)F)c2)cc1F. The average Bonchev–Trinajstić information content (AvgIpc) is 2.39. The molecule has 1 N–H and O–H groups in total. The first-order valence-corrected chi connectivity index (χ1v) is 5.71. The van der Waals surface area contributed by atoms with Gasteiger partial charge in [0.2, 0.25) is 0 Å². The summed E-state index contributed by atoms with van der Waals surface area (Å²) in [4.78, 5) is 0. The highest BCUT2D eigenvalue weighted by molar-refractivity contribution is 5.44. The molecule has 0 atom stereocenters. The number of benzene rings is 2. The summed E-state index contributed by atoms with van der Waals surface area (Å²) in [7, 11) is 0. The molecule has 2 aromatic rings. The van der Waals surface area contributed by atoms with Crippen LogP contribution < -0.4 is 5.32 Å². The van der Waals surface area contributed by atoms with E-state index in [4.69, 9.17) is 0 Å². The zero-order chi connectivity index (χ0) is 14.8. The normalized spacial score (nSPS) is 11.4. The zero-order valence-corrected chi connectivity index (χ0v) is 10.1. The van der Waals surface area contributed by atoms with Gasteiger partial charge in [-0.05, 0) is 29.8 Å². The third-order valence-electron chi connectivity index (χ3n) is 2.67. The Labute approximate surface area is 112 Å². The van der Waals surface area contributed by atoms with Crippen molar-refractivity contribution in [2.75, 3.05) is 5.32 Å². The van der Waals surface area contributed by atoms with Crippen molar-refractivity contribution in [3.05, 3.63) is 65.2 Å². The first kappa shape index (κ1) is 14.3. The van der Waals surface area contributed by atoms with E-state index in [0.29, 0.717) is 11.3 Å². The molecule has 0 saturated carbocycles. The molecule has 20 heavy (non-hydrogen) atoms. The third-order valence-corrected chi connectivity index (χ3v) is 2.67. The zero-order valence-electron chi connectivity index (χ0n) is 10.1. The molecule has 0 heterocycles. The summed E-state index contributed by atoms with van der Waals surface area (Å²) in [5.41, 5.74) is -0.0621. The molecule has 0 fully saturated rings. The van der Waals surface area contributed by atoms with Crippen molar-refractivity contribution in [1.29, 1.82) is 0 Å². The van der Waals surface area contributed by atoms with E-state index in [2.05, 4.69) is 5.32 Å². The van der Waals surface area contributed by atoms with Crippen molar-refractivity contribution >= 4 is 5.69 Å². The lowest BCUT2D eigenvalue weighted by molar-refractivity contribution is -0.137. The van der Waals surface area contributed by atoms with Gasteiger partial charge in [-0.25, -0.2) is 8.78 Å². The Balaban J connectivity index is 2.09. The fourth-order valence-electron chi connectivity index (χ4n) is 1.67. The Bertz CT molecular complexity index is 607. The quantitative estimate of drug-likeness (QED) is 0.814. The molecule has 0 unspecified atom stereocenters. The monoisotopic (exact) mass is 287 g/mol. The first-order chi connectivity index (χ1) is 9.36. The van der Waals surface area contributed by atoms with Gasteiger partial charge in [-0.15, -0.1) is 0 Å². The molecule has 0 saturated heterocycles. The summed E-state index contributed by atoms with van der Waals surface area (Å²) >= 11 is 0. The minimum atomic E-state index is -4.40. The molecule has 2 rings (SSSR count). The van der Waals surface area contributed by atoms with E-state index in [-0.39, 0.29) is 6.54 Å². The van der Waals surface area contributed by atoms with Crippen LogP contribution in [0.5, 0.6) is 0 Å². The minimum Gasteiger partial charge on any atom is -0.381 e. The molecule has 1 nitrogen and oxygen atoms in total. The molecule has 0 aromatic heterocycles. The molecule has 6 heteroatoms. The highest BCUT2D eigenvalue weighted by Crippen LogP contribution is 2.29. The van der Waals surface area contributed by atoms with Crippen LogP contribution in [0, 0.1) is 11.6 Å². The molecule has 0 spiro atoms. The van der Waals surface area contributed by atoms with E-state index in [1.165, 1.54) is 18.2 Å². The van der Waals surface area contributed by atoms with E-state index in [1.54, 1.807) is 0 Å². The topological polar surface area (TPSA) is 12.0 Å². The van der Waals surface area contributed by atoms with Crippen molar-refractivity contribution in [3.63, 3.8) is 0 Å². The second kappa shape index (κ2) is 5.48. The Kier molecular flexibility index (Phi) is 3.92. The van der Waals surface area contributed by atoms with Gasteiger partial charge in [0, 0.05) is 18.3 Å². The van der Waals surface area contributed by atoms with Gasteiger partial charge in [0.15, 0.2) is 11.6 Å². The highest BCUT2D eigenvalue weighted by Gasteiger charge is 2.30. The fourth-order valence-corrected chi connectivity index (χ4v) is 1.67. The predicted octanol–water partition coefficient (Wildman–Crippen LogP) is 4.60. The van der Waals surface area contributed by atoms with Gasteiger partial charge in [0.1, 0.15) is 0 Å². The number of alkyl halides is 3. The van der Waals surface area contributed by atoms with Gasteiger partial charge in [-0.2, -0.15) is 13.2 Å². The minimum absolute atomic E-state index is 0.0784. The first-order valence-electron chi connectivity index (χ1n) is 5.71. The van der Waals surface area contributed by atoms with Gasteiger partial charge >= 0.3 is 6.18 Å². The number of rotatable bonds is 3. The second-order valence-corrected chi connectivity index (χ2v) is 4.18. The van der Waals surface area contributed by atoms with Crippen LogP contribution in [0.2, 0.25) is 0 Å². The van der Waals surface area contributed by atoms with Crippen LogP contribution in [0.1, 0.15) is 11.1 Å². The van der Waals surface area contributed by atoms with Crippen LogP contribution >= 0.6 is 0 Å². The van der Waals surface area contributed by atoms with Gasteiger partial charge in [-0.3, -0.25) is 0 Å². The molecule has 0 aliphatic rings. The molecule has 0 aliphatic carbocycles. The third kappa shape index (κ3) is 3.46. The summed E-state index contributed by atoms with van der Waals surface area (Å²) in [6, 6.07) is 8.00. The number of nitrogens with one attached hydrogen (secondary N) is 1. The van der Waals surface area contributed by atoms with Crippen LogP contribution in [-0.4, -0.2) is 0 Å². The van der Waals surface area contributed by atoms with Crippen LogP contribution in [0.4, 0.5) is 27.6 Å². The number of anilines is 1. The van der Waals surface area contributed by atoms with Crippen LogP contribution in [0.25, 0.3) is 0 Å². The second-order valence-electron chi connectivity index (χ2n) is 4.18. The van der Waals surface area contributed by atoms with Gasteiger partial charge in [0.05, 0.1) is 5.56 Å². The van der Waals surface area contributed by atoms with E-state index >= 15 is 0 Å². The maximum absolute atomic E-state index is 13.0. The maximum Gasteiger partial charge on any atom is 0.416 e. The largest absolute Gasteiger partial charge is 0.416 e. The Morgan fingerprint density at radius 2 is 1.65 bits per heavy atom. The molecule has 106 valence electrons. The number of hydrogen-bond donors (Lipinski definition) is 1. The molecule has 0 amide bonds. The van der Waals surface area contributed by atoms with Crippen LogP contribution in [0.15, 0.2) is 42.5 Å². The van der Waals surface area contributed by atoms with E-state index in [0.717, 1.165) is 24.3 Å². The summed E-state index contributed by atoms with van der Waals surface area (Å²) < 4.78 is 63.2. The lowest BCUT2D eigenvalue weighted by Crippen LogP contribution is -2.07. The predicted molar refractivity (Wildman–Crippen MR) is 65.1 cm³/mol. The fraction of sp³-hybridized carbons (Fsp3) is 0.143. The maximum atomic E-state index is 13.0. The van der Waals surface area contributed by atoms with E-state index in [1.807, 2.05) is 0 Å².